The second kappa shape index (κ2) is 8.10. The van der Waals surface area contributed by atoms with Crippen molar-refractivity contribution in [3.63, 3.8) is 0 Å². The van der Waals surface area contributed by atoms with E-state index in [1.165, 1.54) is 7.11 Å². The van der Waals surface area contributed by atoms with E-state index in [4.69, 9.17) is 9.72 Å². The minimum atomic E-state index is -0.270. The largest absolute Gasteiger partial charge is 0.494 e. The molecule has 1 aliphatic rings. The van der Waals surface area contributed by atoms with E-state index < -0.39 is 0 Å². The second-order valence-electron chi connectivity index (χ2n) is 7.13. The Kier molecular flexibility index (Phi) is 5.84. The summed E-state index contributed by atoms with van der Waals surface area (Å²) in [7, 11) is 5.58. The molecule has 2 heterocycles. The molecule has 0 saturated carbocycles. The Hall–Kier alpha value is -2.05. The lowest BCUT2D eigenvalue weighted by Crippen LogP contribution is -2.26. The van der Waals surface area contributed by atoms with Gasteiger partial charge in [0.15, 0.2) is 11.6 Å². The Labute approximate surface area is 154 Å². The Morgan fingerprint density at radius 1 is 1.31 bits per heavy atom. The zero-order chi connectivity index (χ0) is 18.7. The van der Waals surface area contributed by atoms with Crippen LogP contribution in [-0.4, -0.2) is 47.5 Å². The fourth-order valence-electron chi connectivity index (χ4n) is 3.64. The van der Waals surface area contributed by atoms with Crippen LogP contribution in [0.4, 0.5) is 4.39 Å². The highest BCUT2D eigenvalue weighted by Gasteiger charge is 2.30. The Morgan fingerprint density at radius 3 is 2.85 bits per heavy atom. The quantitative estimate of drug-likeness (QED) is 0.792. The number of nitrogens with zero attached hydrogens (tertiary/aromatic N) is 4. The number of methoxy groups -OCH3 is 1. The van der Waals surface area contributed by atoms with E-state index in [0.717, 1.165) is 43.0 Å². The van der Waals surface area contributed by atoms with Crippen LogP contribution in [0.25, 0.3) is 0 Å². The first kappa shape index (κ1) is 18.7. The fraction of sp³-hybridized carbons (Fsp3) is 0.500. The van der Waals surface area contributed by atoms with Crippen LogP contribution in [0.5, 0.6) is 5.75 Å². The molecule has 1 aromatic heterocycles. The minimum absolute atomic E-state index is 0.192. The summed E-state index contributed by atoms with van der Waals surface area (Å²) in [6, 6.07) is 5.52. The van der Waals surface area contributed by atoms with Gasteiger partial charge >= 0.3 is 0 Å². The fourth-order valence-corrected chi connectivity index (χ4v) is 3.64. The van der Waals surface area contributed by atoms with Crippen molar-refractivity contribution in [1.82, 2.24) is 19.8 Å². The van der Waals surface area contributed by atoms with Crippen LogP contribution in [0.3, 0.4) is 0 Å². The third-order valence-electron chi connectivity index (χ3n) is 4.82. The van der Waals surface area contributed by atoms with Gasteiger partial charge in [0.25, 0.3) is 0 Å². The number of rotatable bonds is 6. The molecule has 0 bridgehead atoms. The normalized spacial score (nSPS) is 17.8. The molecule has 2 aromatic rings. The van der Waals surface area contributed by atoms with Crippen molar-refractivity contribution < 1.29 is 9.13 Å². The predicted octanol–water partition coefficient (Wildman–Crippen LogP) is 3.33. The smallest absolute Gasteiger partial charge is 0.169 e. The maximum Gasteiger partial charge on any atom is 0.169 e. The molecule has 5 nitrogen and oxygen atoms in total. The second-order valence-corrected chi connectivity index (χ2v) is 7.13. The molecule has 1 saturated heterocycles. The molecule has 3 rings (SSSR count). The molecule has 6 heteroatoms. The molecule has 1 aromatic carbocycles. The van der Waals surface area contributed by atoms with E-state index in [-0.39, 0.29) is 11.9 Å². The van der Waals surface area contributed by atoms with Gasteiger partial charge in [0.2, 0.25) is 0 Å². The van der Waals surface area contributed by atoms with Gasteiger partial charge in [0.05, 0.1) is 18.8 Å². The average Bonchev–Trinajstić information content (AvgIpc) is 3.06. The van der Waals surface area contributed by atoms with Gasteiger partial charge in [-0.05, 0) is 46.5 Å². The van der Waals surface area contributed by atoms with Crippen molar-refractivity contribution >= 4 is 0 Å². The Balaban J connectivity index is 1.88. The van der Waals surface area contributed by atoms with Gasteiger partial charge in [-0.2, -0.15) is 0 Å². The lowest BCUT2D eigenvalue weighted by molar-refractivity contribution is 0.236. The van der Waals surface area contributed by atoms with E-state index in [1.807, 2.05) is 39.3 Å². The third-order valence-corrected chi connectivity index (χ3v) is 4.82. The molecule has 1 atom stereocenters. The summed E-state index contributed by atoms with van der Waals surface area (Å²) in [4.78, 5) is 13.6. The lowest BCUT2D eigenvalue weighted by Gasteiger charge is -2.27. The van der Waals surface area contributed by atoms with Gasteiger partial charge in [-0.1, -0.05) is 12.1 Å². The summed E-state index contributed by atoms with van der Waals surface area (Å²) >= 11 is 0. The maximum absolute atomic E-state index is 14.6. The molecular formula is C20H27FN4O. The first-order valence-corrected chi connectivity index (χ1v) is 9.02. The molecule has 1 fully saturated rings. The number of ether oxygens (including phenoxy) is 1. The molecule has 0 amide bonds. The van der Waals surface area contributed by atoms with Gasteiger partial charge in [0.1, 0.15) is 5.82 Å². The van der Waals surface area contributed by atoms with Crippen LogP contribution in [0, 0.1) is 12.7 Å². The molecule has 0 N–H and O–H groups in total. The van der Waals surface area contributed by atoms with E-state index >= 15 is 0 Å². The molecule has 0 spiro atoms. The maximum atomic E-state index is 14.6. The summed E-state index contributed by atoms with van der Waals surface area (Å²) in [5, 5.41) is 0. The lowest BCUT2D eigenvalue weighted by atomic mass is 10.0. The van der Waals surface area contributed by atoms with E-state index in [0.29, 0.717) is 17.9 Å². The van der Waals surface area contributed by atoms with Crippen LogP contribution >= 0.6 is 0 Å². The standard InChI is InChI=1S/C20H27FN4O/c1-14-22-11-16(12-24(2)3)20(23-14)17-8-6-10-25(17)13-15-7-5-9-18(26-4)19(15)21/h5,7,9,11,17H,6,8,10,12-13H2,1-4H3/t17-/m1/s1. The van der Waals surface area contributed by atoms with E-state index in [1.54, 1.807) is 6.07 Å². The van der Waals surface area contributed by atoms with Gasteiger partial charge in [0, 0.05) is 30.4 Å². The summed E-state index contributed by atoms with van der Waals surface area (Å²) in [6.07, 6.45) is 4.05. The summed E-state index contributed by atoms with van der Waals surface area (Å²) < 4.78 is 19.7. The number of aryl methyl sites for hydroxylation is 1. The zero-order valence-corrected chi connectivity index (χ0v) is 16.0. The van der Waals surface area contributed by atoms with E-state index in [9.17, 15) is 4.39 Å². The topological polar surface area (TPSA) is 41.5 Å². The summed E-state index contributed by atoms with van der Waals surface area (Å²) in [5.74, 6) is 0.805. The summed E-state index contributed by atoms with van der Waals surface area (Å²) in [6.45, 7) is 4.21. The number of hydrogen-bond acceptors (Lipinski definition) is 5. The first-order valence-electron chi connectivity index (χ1n) is 9.02. The average molecular weight is 358 g/mol. The Morgan fingerprint density at radius 2 is 2.12 bits per heavy atom. The van der Waals surface area contributed by atoms with Crippen molar-refractivity contribution in [2.75, 3.05) is 27.7 Å². The van der Waals surface area contributed by atoms with Gasteiger partial charge in [-0.25, -0.2) is 14.4 Å². The zero-order valence-electron chi connectivity index (χ0n) is 16.0. The highest BCUT2D eigenvalue weighted by molar-refractivity contribution is 5.31. The number of likely N-dealkylation sites (tertiary alicyclic amines) is 1. The molecule has 1 aliphatic heterocycles. The van der Waals surface area contributed by atoms with Crippen LogP contribution in [0.15, 0.2) is 24.4 Å². The number of aromatic nitrogens is 2. The predicted molar refractivity (Wildman–Crippen MR) is 99.5 cm³/mol. The van der Waals surface area contributed by atoms with Crippen LogP contribution < -0.4 is 4.74 Å². The van der Waals surface area contributed by atoms with Gasteiger partial charge in [-0.3, -0.25) is 4.90 Å². The highest BCUT2D eigenvalue weighted by atomic mass is 19.1. The molecule has 0 unspecified atom stereocenters. The van der Waals surface area contributed by atoms with Crippen molar-refractivity contribution in [1.29, 1.82) is 0 Å². The third kappa shape index (κ3) is 4.02. The van der Waals surface area contributed by atoms with Crippen molar-refractivity contribution in [2.45, 2.75) is 38.9 Å². The SMILES string of the molecule is COc1cccc(CN2CCC[C@@H]2c2nc(C)ncc2CN(C)C)c1F. The molecule has 0 aliphatic carbocycles. The van der Waals surface area contributed by atoms with Crippen molar-refractivity contribution in [3.05, 3.63) is 52.9 Å². The van der Waals surface area contributed by atoms with Crippen molar-refractivity contribution in [2.24, 2.45) is 0 Å². The Bertz CT molecular complexity index is 765. The minimum Gasteiger partial charge on any atom is -0.494 e. The van der Waals surface area contributed by atoms with Crippen molar-refractivity contribution in [3.8, 4) is 5.75 Å². The first-order chi connectivity index (χ1) is 12.5. The monoisotopic (exact) mass is 358 g/mol. The molecular weight excluding hydrogens is 331 g/mol. The van der Waals surface area contributed by atoms with Gasteiger partial charge in [-0.15, -0.1) is 0 Å². The molecule has 0 radical (unpaired) electrons. The number of hydrogen-bond donors (Lipinski definition) is 0. The number of benzene rings is 1. The molecule has 26 heavy (non-hydrogen) atoms. The van der Waals surface area contributed by atoms with Crippen LogP contribution in [0.2, 0.25) is 0 Å². The van der Waals surface area contributed by atoms with E-state index in [2.05, 4.69) is 14.8 Å². The summed E-state index contributed by atoms with van der Waals surface area (Å²) in [5.41, 5.74) is 2.88. The highest BCUT2D eigenvalue weighted by Crippen LogP contribution is 2.35. The number of halogens is 1. The van der Waals surface area contributed by atoms with Crippen LogP contribution in [-0.2, 0) is 13.1 Å². The van der Waals surface area contributed by atoms with Crippen LogP contribution in [0.1, 0.15) is 41.5 Å². The molecule has 140 valence electrons. The van der Waals surface area contributed by atoms with Gasteiger partial charge < -0.3 is 9.64 Å².